The van der Waals surface area contributed by atoms with Crippen molar-refractivity contribution < 1.29 is 14.6 Å². The largest absolute Gasteiger partial charge is 0.389 e. The Morgan fingerprint density at radius 3 is 2.88 bits per heavy atom. The average Bonchev–Trinajstić information content (AvgIpc) is 2.28. The second kappa shape index (κ2) is 6.59. The second-order valence-corrected chi connectivity index (χ2v) is 4.25. The summed E-state index contributed by atoms with van der Waals surface area (Å²) in [5.74, 6) is 0. The number of methoxy groups -OCH3 is 1. The predicted molar refractivity (Wildman–Crippen MR) is 68.0 cm³/mol. The predicted octanol–water partition coefficient (Wildman–Crippen LogP) is 1.60. The fraction of sp³-hybridized carbons (Fsp3) is 0.417. The van der Waals surface area contributed by atoms with E-state index in [1.165, 1.54) is 7.11 Å². The number of benzene rings is 1. The first-order chi connectivity index (χ1) is 8.08. The normalized spacial score (nSPS) is 12.2. The van der Waals surface area contributed by atoms with Crippen LogP contribution in [-0.2, 0) is 4.74 Å². The van der Waals surface area contributed by atoms with E-state index in [1.54, 1.807) is 30.1 Å². The van der Waals surface area contributed by atoms with Crippen molar-refractivity contribution in [2.45, 2.75) is 6.10 Å². The van der Waals surface area contributed by atoms with E-state index in [1.807, 2.05) is 0 Å². The van der Waals surface area contributed by atoms with Crippen molar-refractivity contribution >= 4 is 23.6 Å². The molecule has 1 aromatic carbocycles. The zero-order valence-electron chi connectivity index (χ0n) is 9.89. The van der Waals surface area contributed by atoms with Crippen molar-refractivity contribution in [3.8, 4) is 0 Å². The van der Waals surface area contributed by atoms with E-state index in [4.69, 9.17) is 16.3 Å². The molecule has 0 saturated heterocycles. The minimum absolute atomic E-state index is 0.258. The number of aliphatic hydroxyl groups is 1. The van der Waals surface area contributed by atoms with E-state index in [9.17, 15) is 9.90 Å². The van der Waals surface area contributed by atoms with Crippen LogP contribution in [0.2, 0.25) is 5.02 Å². The lowest BCUT2D eigenvalue weighted by atomic mass is 10.1. The topological polar surface area (TPSA) is 49.8 Å². The van der Waals surface area contributed by atoms with Crippen molar-refractivity contribution in [3.63, 3.8) is 0 Å². The molecule has 0 amide bonds. The zero-order chi connectivity index (χ0) is 12.8. The van der Waals surface area contributed by atoms with Gasteiger partial charge in [-0.05, 0) is 18.2 Å². The molecule has 0 aliphatic heterocycles. The number of nitrogens with zero attached hydrogens (tertiary/aromatic N) is 1. The van der Waals surface area contributed by atoms with Crippen LogP contribution in [0.15, 0.2) is 18.2 Å². The SMILES string of the molecule is COCC(O)CN(C)c1ccc(Cl)cc1C=O. The molecule has 4 nitrogen and oxygen atoms in total. The molecule has 0 spiro atoms. The number of hydrogen-bond acceptors (Lipinski definition) is 4. The number of halogens is 1. The van der Waals surface area contributed by atoms with Crippen molar-refractivity contribution in [1.82, 2.24) is 0 Å². The lowest BCUT2D eigenvalue weighted by Crippen LogP contribution is -2.32. The van der Waals surface area contributed by atoms with Crippen LogP contribution in [0.3, 0.4) is 0 Å². The van der Waals surface area contributed by atoms with E-state index in [-0.39, 0.29) is 6.61 Å². The highest BCUT2D eigenvalue weighted by molar-refractivity contribution is 6.31. The molecule has 17 heavy (non-hydrogen) atoms. The molecule has 0 aromatic heterocycles. The third-order valence-electron chi connectivity index (χ3n) is 2.37. The fourth-order valence-corrected chi connectivity index (χ4v) is 1.81. The number of likely N-dealkylation sites (N-methyl/N-ethyl adjacent to an activating group) is 1. The summed E-state index contributed by atoms with van der Waals surface area (Å²) in [5, 5.41) is 10.1. The standard InChI is InChI=1S/C12H16ClNO3/c1-14(6-11(16)8-17-2)12-4-3-10(13)5-9(12)7-15/h3-5,7,11,16H,6,8H2,1-2H3. The Morgan fingerprint density at radius 2 is 2.29 bits per heavy atom. The molecule has 0 aliphatic rings. The summed E-state index contributed by atoms with van der Waals surface area (Å²) < 4.78 is 4.85. The fourth-order valence-electron chi connectivity index (χ4n) is 1.63. The highest BCUT2D eigenvalue weighted by Gasteiger charge is 2.12. The summed E-state index contributed by atoms with van der Waals surface area (Å²) in [4.78, 5) is 12.7. The Labute approximate surface area is 106 Å². The molecule has 0 heterocycles. The highest BCUT2D eigenvalue weighted by atomic mass is 35.5. The molecule has 0 radical (unpaired) electrons. The molecule has 0 saturated carbocycles. The average molecular weight is 258 g/mol. The van der Waals surface area contributed by atoms with Crippen LogP contribution >= 0.6 is 11.6 Å². The Morgan fingerprint density at radius 1 is 1.59 bits per heavy atom. The minimum Gasteiger partial charge on any atom is -0.389 e. The van der Waals surface area contributed by atoms with Gasteiger partial charge in [0, 0.05) is 37.0 Å². The number of carbonyl (C=O) groups excluding carboxylic acids is 1. The van der Waals surface area contributed by atoms with Gasteiger partial charge in [0.2, 0.25) is 0 Å². The van der Waals surface area contributed by atoms with E-state index < -0.39 is 6.10 Å². The third-order valence-corrected chi connectivity index (χ3v) is 2.61. The van der Waals surface area contributed by atoms with E-state index >= 15 is 0 Å². The summed E-state index contributed by atoms with van der Waals surface area (Å²) in [6, 6.07) is 5.07. The molecule has 1 aromatic rings. The van der Waals surface area contributed by atoms with Gasteiger partial charge in [-0.2, -0.15) is 0 Å². The van der Waals surface area contributed by atoms with Gasteiger partial charge >= 0.3 is 0 Å². The molecule has 1 N–H and O–H groups in total. The van der Waals surface area contributed by atoms with Gasteiger partial charge in [-0.1, -0.05) is 11.6 Å². The minimum atomic E-state index is -0.597. The second-order valence-electron chi connectivity index (χ2n) is 3.81. The highest BCUT2D eigenvalue weighted by Crippen LogP contribution is 2.22. The lowest BCUT2D eigenvalue weighted by molar-refractivity contribution is 0.0695. The first kappa shape index (κ1) is 14.0. The number of rotatable bonds is 6. The van der Waals surface area contributed by atoms with Crippen LogP contribution in [0.1, 0.15) is 10.4 Å². The van der Waals surface area contributed by atoms with Gasteiger partial charge in [0.1, 0.15) is 0 Å². The molecule has 0 aliphatic carbocycles. The molecule has 0 bridgehead atoms. The lowest BCUT2D eigenvalue weighted by Gasteiger charge is -2.23. The maximum atomic E-state index is 10.9. The van der Waals surface area contributed by atoms with Gasteiger partial charge in [0.25, 0.3) is 0 Å². The van der Waals surface area contributed by atoms with Crippen LogP contribution < -0.4 is 4.90 Å². The van der Waals surface area contributed by atoms with Gasteiger partial charge in [-0.3, -0.25) is 4.79 Å². The summed E-state index contributed by atoms with van der Waals surface area (Å²) in [6.45, 7) is 0.644. The van der Waals surface area contributed by atoms with E-state index in [0.29, 0.717) is 17.1 Å². The van der Waals surface area contributed by atoms with Crippen molar-refractivity contribution in [1.29, 1.82) is 0 Å². The van der Waals surface area contributed by atoms with Gasteiger partial charge in [0.05, 0.1) is 12.7 Å². The summed E-state index contributed by atoms with van der Waals surface area (Å²) >= 11 is 5.81. The van der Waals surface area contributed by atoms with Gasteiger partial charge in [-0.25, -0.2) is 0 Å². The molecular weight excluding hydrogens is 242 g/mol. The summed E-state index contributed by atoms with van der Waals surface area (Å²) in [6.07, 6.45) is 0.153. The van der Waals surface area contributed by atoms with Gasteiger partial charge in [0.15, 0.2) is 6.29 Å². The number of aldehydes is 1. The molecule has 1 rings (SSSR count). The first-order valence-electron chi connectivity index (χ1n) is 5.21. The van der Waals surface area contributed by atoms with E-state index in [2.05, 4.69) is 0 Å². The maximum absolute atomic E-state index is 10.9. The zero-order valence-corrected chi connectivity index (χ0v) is 10.6. The summed E-state index contributed by atoms with van der Waals surface area (Å²) in [7, 11) is 3.33. The number of anilines is 1. The number of aliphatic hydroxyl groups excluding tert-OH is 1. The molecule has 5 heteroatoms. The van der Waals surface area contributed by atoms with Crippen molar-refractivity contribution in [2.24, 2.45) is 0 Å². The number of carbonyl (C=O) groups is 1. The Balaban J connectivity index is 2.81. The maximum Gasteiger partial charge on any atom is 0.152 e. The summed E-state index contributed by atoms with van der Waals surface area (Å²) in [5.41, 5.74) is 1.24. The van der Waals surface area contributed by atoms with Crippen LogP contribution in [0.25, 0.3) is 0 Å². The van der Waals surface area contributed by atoms with Crippen LogP contribution in [0.4, 0.5) is 5.69 Å². The molecule has 1 atom stereocenters. The monoisotopic (exact) mass is 257 g/mol. The molecule has 1 unspecified atom stereocenters. The van der Waals surface area contributed by atoms with E-state index in [0.717, 1.165) is 12.0 Å². The number of hydrogen-bond donors (Lipinski definition) is 1. The first-order valence-corrected chi connectivity index (χ1v) is 5.59. The Bertz CT molecular complexity index is 384. The van der Waals surface area contributed by atoms with Gasteiger partial charge in [-0.15, -0.1) is 0 Å². The molecule has 94 valence electrons. The number of ether oxygens (including phenoxy) is 1. The molecule has 0 fully saturated rings. The van der Waals surface area contributed by atoms with Crippen LogP contribution in [0.5, 0.6) is 0 Å². The van der Waals surface area contributed by atoms with Crippen LogP contribution in [-0.4, -0.2) is 44.8 Å². The van der Waals surface area contributed by atoms with Crippen molar-refractivity contribution in [3.05, 3.63) is 28.8 Å². The van der Waals surface area contributed by atoms with Crippen LogP contribution in [0, 0.1) is 0 Å². The molecular formula is C12H16ClNO3. The smallest absolute Gasteiger partial charge is 0.152 e. The Kier molecular flexibility index (Phi) is 5.41. The third kappa shape index (κ3) is 4.00. The van der Waals surface area contributed by atoms with Gasteiger partial charge < -0.3 is 14.7 Å². The Hall–Kier alpha value is -1.10. The van der Waals surface area contributed by atoms with Crippen molar-refractivity contribution in [2.75, 3.05) is 32.2 Å². The quantitative estimate of drug-likeness (QED) is 0.787.